The lowest BCUT2D eigenvalue weighted by Gasteiger charge is -2.40. The fourth-order valence-corrected chi connectivity index (χ4v) is 3.29. The summed E-state index contributed by atoms with van der Waals surface area (Å²) >= 11 is 5.81. The van der Waals surface area contributed by atoms with E-state index in [0.29, 0.717) is 50.0 Å². The molecule has 0 bridgehead atoms. The van der Waals surface area contributed by atoms with Crippen LogP contribution in [0.1, 0.15) is 15.9 Å². The quantitative estimate of drug-likeness (QED) is 0.683. The molecule has 0 radical (unpaired) electrons. The second-order valence-electron chi connectivity index (χ2n) is 6.55. The minimum Gasteiger partial charge on any atom is -0.353 e. The van der Waals surface area contributed by atoms with Gasteiger partial charge in [-0.3, -0.25) is 19.5 Å². The SMILES string of the molecule is NCCNC(=O)C1CN(Cc2ccncc2)CCN1C(=O)c1ccc(Cl)nc1. The lowest BCUT2D eigenvalue weighted by atomic mass is 10.1. The highest BCUT2D eigenvalue weighted by Crippen LogP contribution is 2.17. The van der Waals surface area contributed by atoms with Crippen molar-refractivity contribution in [2.45, 2.75) is 12.6 Å². The van der Waals surface area contributed by atoms with Gasteiger partial charge in [0.25, 0.3) is 5.91 Å². The lowest BCUT2D eigenvalue weighted by Crippen LogP contribution is -2.60. The molecule has 0 spiro atoms. The van der Waals surface area contributed by atoms with Crippen LogP contribution in [0, 0.1) is 0 Å². The second-order valence-corrected chi connectivity index (χ2v) is 6.94. The van der Waals surface area contributed by atoms with Crippen molar-refractivity contribution in [3.05, 3.63) is 59.1 Å². The van der Waals surface area contributed by atoms with Crippen LogP contribution in [0.2, 0.25) is 5.15 Å². The summed E-state index contributed by atoms with van der Waals surface area (Å²) < 4.78 is 0. The van der Waals surface area contributed by atoms with Crippen molar-refractivity contribution in [1.82, 2.24) is 25.1 Å². The number of rotatable bonds is 6. The van der Waals surface area contributed by atoms with Gasteiger partial charge in [-0.2, -0.15) is 0 Å². The number of nitrogens with two attached hydrogens (primary N) is 1. The van der Waals surface area contributed by atoms with Crippen LogP contribution in [0.15, 0.2) is 42.9 Å². The molecule has 3 N–H and O–H groups in total. The van der Waals surface area contributed by atoms with Gasteiger partial charge in [-0.25, -0.2) is 4.98 Å². The molecule has 3 heterocycles. The Morgan fingerprint density at radius 2 is 2.00 bits per heavy atom. The average molecular weight is 403 g/mol. The van der Waals surface area contributed by atoms with Gasteiger partial charge in [0.2, 0.25) is 5.91 Å². The minimum absolute atomic E-state index is 0.208. The number of nitrogens with one attached hydrogen (secondary N) is 1. The highest BCUT2D eigenvalue weighted by molar-refractivity contribution is 6.29. The molecule has 28 heavy (non-hydrogen) atoms. The molecule has 1 fully saturated rings. The van der Waals surface area contributed by atoms with Gasteiger partial charge in [0, 0.05) is 57.9 Å². The van der Waals surface area contributed by atoms with Crippen LogP contribution in [0.3, 0.4) is 0 Å². The molecule has 1 aliphatic rings. The molecular formula is C19H23ClN6O2. The number of hydrogen-bond donors (Lipinski definition) is 2. The molecular weight excluding hydrogens is 380 g/mol. The second kappa shape index (κ2) is 9.59. The van der Waals surface area contributed by atoms with E-state index < -0.39 is 6.04 Å². The van der Waals surface area contributed by atoms with E-state index in [1.165, 1.54) is 6.20 Å². The van der Waals surface area contributed by atoms with Crippen molar-refractivity contribution in [2.75, 3.05) is 32.7 Å². The van der Waals surface area contributed by atoms with Gasteiger partial charge in [-0.1, -0.05) is 11.6 Å². The first-order valence-corrected chi connectivity index (χ1v) is 9.48. The van der Waals surface area contributed by atoms with Crippen molar-refractivity contribution in [3.8, 4) is 0 Å². The fourth-order valence-electron chi connectivity index (χ4n) is 3.18. The van der Waals surface area contributed by atoms with Crippen LogP contribution in [0.5, 0.6) is 0 Å². The van der Waals surface area contributed by atoms with Crippen LogP contribution in [-0.2, 0) is 11.3 Å². The van der Waals surface area contributed by atoms with E-state index in [-0.39, 0.29) is 11.8 Å². The topological polar surface area (TPSA) is 104 Å². The van der Waals surface area contributed by atoms with Crippen LogP contribution >= 0.6 is 11.6 Å². The standard InChI is InChI=1S/C19H23ClN6O2/c20-17-2-1-15(11-24-17)19(28)26-10-9-25(12-14-3-6-22-7-4-14)13-16(26)18(27)23-8-5-21/h1-4,6-7,11,16H,5,8-10,12-13,21H2,(H,23,27). The molecule has 148 valence electrons. The molecule has 0 aliphatic carbocycles. The van der Waals surface area contributed by atoms with Gasteiger partial charge in [-0.05, 0) is 29.8 Å². The van der Waals surface area contributed by atoms with Gasteiger partial charge in [-0.15, -0.1) is 0 Å². The Balaban J connectivity index is 1.76. The Kier molecular flexibility index (Phi) is 6.91. The molecule has 2 amide bonds. The van der Waals surface area contributed by atoms with E-state index in [1.54, 1.807) is 29.4 Å². The number of halogens is 1. The Morgan fingerprint density at radius 3 is 2.68 bits per heavy atom. The summed E-state index contributed by atoms with van der Waals surface area (Å²) in [6.07, 6.45) is 4.92. The molecule has 2 aromatic heterocycles. The number of hydrogen-bond acceptors (Lipinski definition) is 6. The smallest absolute Gasteiger partial charge is 0.256 e. The largest absolute Gasteiger partial charge is 0.353 e. The number of piperazine rings is 1. The van der Waals surface area contributed by atoms with Crippen LogP contribution in [-0.4, -0.2) is 70.3 Å². The van der Waals surface area contributed by atoms with E-state index in [0.717, 1.165) is 5.56 Å². The van der Waals surface area contributed by atoms with Crippen LogP contribution < -0.4 is 11.1 Å². The summed E-state index contributed by atoms with van der Waals surface area (Å²) in [7, 11) is 0. The fraction of sp³-hybridized carbons (Fsp3) is 0.368. The van der Waals surface area contributed by atoms with Crippen LogP contribution in [0.4, 0.5) is 0 Å². The molecule has 1 aliphatic heterocycles. The first kappa shape index (κ1) is 20.2. The number of aromatic nitrogens is 2. The normalized spacial score (nSPS) is 17.4. The summed E-state index contributed by atoms with van der Waals surface area (Å²) in [5, 5.41) is 3.12. The van der Waals surface area contributed by atoms with Crippen molar-refractivity contribution in [2.24, 2.45) is 5.73 Å². The molecule has 9 heteroatoms. The monoisotopic (exact) mass is 402 g/mol. The summed E-state index contributed by atoms with van der Waals surface area (Å²) in [4.78, 5) is 37.5. The maximum absolute atomic E-state index is 13.0. The highest BCUT2D eigenvalue weighted by Gasteiger charge is 2.35. The van der Waals surface area contributed by atoms with Gasteiger partial charge in [0.1, 0.15) is 11.2 Å². The molecule has 1 saturated heterocycles. The number of pyridine rings is 2. The third-order valence-electron chi connectivity index (χ3n) is 4.60. The summed E-state index contributed by atoms with van der Waals surface area (Å²) in [6, 6.07) is 6.47. The van der Waals surface area contributed by atoms with Gasteiger partial charge < -0.3 is 16.0 Å². The Morgan fingerprint density at radius 1 is 1.21 bits per heavy atom. The highest BCUT2D eigenvalue weighted by atomic mass is 35.5. The average Bonchev–Trinajstić information content (AvgIpc) is 2.73. The number of nitrogens with zero attached hydrogens (tertiary/aromatic N) is 4. The maximum Gasteiger partial charge on any atom is 0.256 e. The summed E-state index contributed by atoms with van der Waals surface area (Å²) in [5.41, 5.74) is 7.02. The predicted octanol–water partition coefficient (Wildman–Crippen LogP) is 0.532. The Hall–Kier alpha value is -2.55. The number of carbonyl (C=O) groups excluding carboxylic acids is 2. The van der Waals surface area contributed by atoms with E-state index in [9.17, 15) is 9.59 Å². The molecule has 1 atom stereocenters. The third-order valence-corrected chi connectivity index (χ3v) is 4.83. The van der Waals surface area contributed by atoms with Crippen molar-refractivity contribution < 1.29 is 9.59 Å². The van der Waals surface area contributed by atoms with E-state index in [2.05, 4.69) is 20.2 Å². The maximum atomic E-state index is 13.0. The summed E-state index contributed by atoms with van der Waals surface area (Å²) in [6.45, 7) is 2.93. The molecule has 8 nitrogen and oxygen atoms in total. The van der Waals surface area contributed by atoms with Gasteiger partial charge in [0.15, 0.2) is 0 Å². The predicted molar refractivity (Wildman–Crippen MR) is 106 cm³/mol. The zero-order valence-electron chi connectivity index (χ0n) is 15.4. The minimum atomic E-state index is -0.606. The number of amides is 2. The van der Waals surface area contributed by atoms with Crippen molar-refractivity contribution in [1.29, 1.82) is 0 Å². The molecule has 0 aromatic carbocycles. The first-order chi connectivity index (χ1) is 13.6. The van der Waals surface area contributed by atoms with Crippen LogP contribution in [0.25, 0.3) is 0 Å². The van der Waals surface area contributed by atoms with E-state index in [1.807, 2.05) is 12.1 Å². The molecule has 3 rings (SSSR count). The van der Waals surface area contributed by atoms with E-state index >= 15 is 0 Å². The first-order valence-electron chi connectivity index (χ1n) is 9.10. The third kappa shape index (κ3) is 5.03. The van der Waals surface area contributed by atoms with Crippen molar-refractivity contribution >= 4 is 23.4 Å². The van der Waals surface area contributed by atoms with E-state index in [4.69, 9.17) is 17.3 Å². The van der Waals surface area contributed by atoms with Gasteiger partial charge in [0.05, 0.1) is 5.56 Å². The zero-order chi connectivity index (χ0) is 19.9. The zero-order valence-corrected chi connectivity index (χ0v) is 16.2. The van der Waals surface area contributed by atoms with Crippen molar-refractivity contribution in [3.63, 3.8) is 0 Å². The molecule has 1 unspecified atom stereocenters. The lowest BCUT2D eigenvalue weighted by molar-refractivity contribution is -0.127. The Labute approximate surface area is 168 Å². The Bertz CT molecular complexity index is 802. The van der Waals surface area contributed by atoms with Gasteiger partial charge >= 0.3 is 0 Å². The molecule has 2 aromatic rings. The summed E-state index contributed by atoms with van der Waals surface area (Å²) in [5.74, 6) is -0.444. The molecule has 0 saturated carbocycles. The number of carbonyl (C=O) groups is 2.